The highest BCUT2D eigenvalue weighted by molar-refractivity contribution is 6.31. The highest BCUT2D eigenvalue weighted by Crippen LogP contribution is 2.29. The second kappa shape index (κ2) is 11.5. The molecule has 0 fully saturated rings. The second-order valence-electron chi connectivity index (χ2n) is 8.24. The van der Waals surface area contributed by atoms with Crippen molar-refractivity contribution < 1.29 is 14.6 Å². The van der Waals surface area contributed by atoms with E-state index in [1.54, 1.807) is 6.07 Å². The number of aliphatic carboxylic acids is 1. The summed E-state index contributed by atoms with van der Waals surface area (Å²) in [6.07, 6.45) is 5.25. The van der Waals surface area contributed by atoms with Gasteiger partial charge in [0.05, 0.1) is 16.9 Å². The number of carboxylic acids is 1. The standard InChI is InChI=1S/C29H27ClN2O3/c1-2-3-10-28(29(33)34)35-27-11-5-4-9-25(27)32-24-8-6-7-20(18-24)12-16-23-17-14-21-13-15-22(30)19-26(21)31-23/h4-9,11-19,28,32H,2-3,10H2,1H3,(H,33,34). The molecule has 0 spiro atoms. The molecule has 0 aliphatic heterocycles. The zero-order chi connectivity index (χ0) is 24.6. The maximum absolute atomic E-state index is 11.6. The summed E-state index contributed by atoms with van der Waals surface area (Å²) in [6, 6.07) is 25.0. The van der Waals surface area contributed by atoms with Crippen LogP contribution in [0.1, 0.15) is 37.4 Å². The Morgan fingerprint density at radius 2 is 1.89 bits per heavy atom. The van der Waals surface area contributed by atoms with Gasteiger partial charge in [0.15, 0.2) is 6.10 Å². The molecule has 0 saturated heterocycles. The number of hydrogen-bond acceptors (Lipinski definition) is 4. The number of halogens is 1. The lowest BCUT2D eigenvalue weighted by Gasteiger charge is -2.18. The molecule has 0 aliphatic carbocycles. The first-order valence-electron chi connectivity index (χ1n) is 11.6. The number of para-hydroxylation sites is 2. The Morgan fingerprint density at radius 1 is 1.06 bits per heavy atom. The molecule has 1 aromatic heterocycles. The molecule has 0 bridgehead atoms. The van der Waals surface area contributed by atoms with E-state index in [9.17, 15) is 9.90 Å². The molecule has 0 aliphatic rings. The number of unbranched alkanes of at least 4 members (excludes halogenated alkanes) is 1. The highest BCUT2D eigenvalue weighted by Gasteiger charge is 2.20. The van der Waals surface area contributed by atoms with Crippen LogP contribution in [0.15, 0.2) is 78.9 Å². The number of nitrogens with zero attached hydrogens (tertiary/aromatic N) is 1. The summed E-state index contributed by atoms with van der Waals surface area (Å²) in [4.78, 5) is 16.3. The predicted octanol–water partition coefficient (Wildman–Crippen LogP) is 7.82. The number of benzene rings is 3. The van der Waals surface area contributed by atoms with Crippen LogP contribution in [0, 0.1) is 0 Å². The molecule has 4 rings (SSSR count). The van der Waals surface area contributed by atoms with E-state index in [4.69, 9.17) is 16.3 Å². The SMILES string of the molecule is CCCCC(Oc1ccccc1Nc1cccc(C=Cc2ccc3ccc(Cl)cc3n2)c1)C(=O)O. The summed E-state index contributed by atoms with van der Waals surface area (Å²) in [5.74, 6) is -0.444. The number of anilines is 2. The van der Waals surface area contributed by atoms with Crippen LogP contribution in [0.4, 0.5) is 11.4 Å². The number of carbonyl (C=O) groups is 1. The normalized spacial score (nSPS) is 12.1. The Kier molecular flexibility index (Phi) is 8.01. The van der Waals surface area contributed by atoms with Gasteiger partial charge < -0.3 is 15.2 Å². The first-order chi connectivity index (χ1) is 17.0. The Labute approximate surface area is 210 Å². The van der Waals surface area contributed by atoms with Crippen molar-refractivity contribution in [1.29, 1.82) is 0 Å². The number of hydrogen-bond donors (Lipinski definition) is 2. The van der Waals surface area contributed by atoms with Crippen molar-refractivity contribution >= 4 is 52.0 Å². The molecule has 0 radical (unpaired) electrons. The average molecular weight is 487 g/mol. The molecule has 4 aromatic rings. The number of nitrogens with one attached hydrogen (secondary N) is 1. The minimum absolute atomic E-state index is 0.468. The van der Waals surface area contributed by atoms with Gasteiger partial charge >= 0.3 is 5.97 Å². The fraction of sp³-hybridized carbons (Fsp3) is 0.172. The molecule has 178 valence electrons. The Balaban J connectivity index is 1.51. The third-order valence-corrected chi connectivity index (χ3v) is 5.77. The quantitative estimate of drug-likeness (QED) is 0.239. The number of rotatable bonds is 10. The van der Waals surface area contributed by atoms with Crippen LogP contribution < -0.4 is 10.1 Å². The van der Waals surface area contributed by atoms with Gasteiger partial charge in [0, 0.05) is 16.1 Å². The zero-order valence-electron chi connectivity index (χ0n) is 19.4. The lowest BCUT2D eigenvalue weighted by Crippen LogP contribution is -2.27. The largest absolute Gasteiger partial charge is 0.479 e. The lowest BCUT2D eigenvalue weighted by molar-refractivity contribution is -0.145. The molecule has 2 N–H and O–H groups in total. The number of fused-ring (bicyclic) bond motifs is 1. The molecular weight excluding hydrogens is 460 g/mol. The van der Waals surface area contributed by atoms with Gasteiger partial charge in [0.1, 0.15) is 5.75 Å². The first kappa shape index (κ1) is 24.3. The van der Waals surface area contributed by atoms with E-state index in [1.165, 1.54) is 0 Å². The maximum atomic E-state index is 11.6. The van der Waals surface area contributed by atoms with E-state index in [0.717, 1.165) is 40.7 Å². The van der Waals surface area contributed by atoms with Crippen LogP contribution in [-0.4, -0.2) is 22.2 Å². The van der Waals surface area contributed by atoms with Gasteiger partial charge in [0.2, 0.25) is 0 Å². The Bertz CT molecular complexity index is 1350. The second-order valence-corrected chi connectivity index (χ2v) is 8.68. The Hall–Kier alpha value is -3.83. The van der Waals surface area contributed by atoms with Crippen molar-refractivity contribution in [2.75, 3.05) is 5.32 Å². The Morgan fingerprint density at radius 3 is 2.71 bits per heavy atom. The van der Waals surface area contributed by atoms with E-state index >= 15 is 0 Å². The van der Waals surface area contributed by atoms with Crippen LogP contribution in [0.2, 0.25) is 5.02 Å². The van der Waals surface area contributed by atoms with Crippen molar-refractivity contribution in [2.24, 2.45) is 0 Å². The average Bonchev–Trinajstić information content (AvgIpc) is 2.86. The monoisotopic (exact) mass is 486 g/mol. The molecule has 0 amide bonds. The molecule has 5 nitrogen and oxygen atoms in total. The lowest BCUT2D eigenvalue weighted by atomic mass is 10.1. The van der Waals surface area contributed by atoms with E-state index in [2.05, 4.69) is 10.3 Å². The topological polar surface area (TPSA) is 71.5 Å². The third-order valence-electron chi connectivity index (χ3n) is 5.54. The highest BCUT2D eigenvalue weighted by atomic mass is 35.5. The van der Waals surface area contributed by atoms with Gasteiger partial charge in [-0.2, -0.15) is 0 Å². The molecule has 35 heavy (non-hydrogen) atoms. The van der Waals surface area contributed by atoms with Crippen LogP contribution >= 0.6 is 11.6 Å². The van der Waals surface area contributed by atoms with Gasteiger partial charge in [-0.15, -0.1) is 0 Å². The summed E-state index contributed by atoms with van der Waals surface area (Å²) in [6.45, 7) is 2.03. The van der Waals surface area contributed by atoms with Crippen molar-refractivity contribution in [2.45, 2.75) is 32.3 Å². The minimum atomic E-state index is -0.954. The maximum Gasteiger partial charge on any atom is 0.344 e. The van der Waals surface area contributed by atoms with Crippen molar-refractivity contribution in [3.05, 3.63) is 95.1 Å². The van der Waals surface area contributed by atoms with Crippen molar-refractivity contribution in [1.82, 2.24) is 4.98 Å². The van der Waals surface area contributed by atoms with E-state index in [0.29, 0.717) is 22.9 Å². The fourth-order valence-electron chi connectivity index (χ4n) is 3.70. The van der Waals surface area contributed by atoms with Gasteiger partial charge in [-0.1, -0.05) is 67.4 Å². The summed E-state index contributed by atoms with van der Waals surface area (Å²) < 4.78 is 5.87. The molecule has 3 aromatic carbocycles. The number of pyridine rings is 1. The molecule has 1 heterocycles. The van der Waals surface area contributed by atoms with Crippen LogP contribution in [0.3, 0.4) is 0 Å². The van der Waals surface area contributed by atoms with Gasteiger partial charge in [-0.05, 0) is 66.9 Å². The molecule has 1 atom stereocenters. The summed E-state index contributed by atoms with van der Waals surface area (Å²) in [5, 5.41) is 14.6. The van der Waals surface area contributed by atoms with E-state index in [1.807, 2.05) is 91.9 Å². The zero-order valence-corrected chi connectivity index (χ0v) is 20.2. The number of carboxylic acid groups (broad SMARTS) is 1. The number of aromatic nitrogens is 1. The molecule has 0 saturated carbocycles. The summed E-state index contributed by atoms with van der Waals surface area (Å²) >= 11 is 6.10. The van der Waals surface area contributed by atoms with Crippen molar-refractivity contribution in [3.63, 3.8) is 0 Å². The third kappa shape index (κ3) is 6.61. The van der Waals surface area contributed by atoms with Crippen molar-refractivity contribution in [3.8, 4) is 5.75 Å². The fourth-order valence-corrected chi connectivity index (χ4v) is 3.87. The van der Waals surface area contributed by atoms with Gasteiger partial charge in [-0.25, -0.2) is 9.78 Å². The van der Waals surface area contributed by atoms with Crippen LogP contribution in [0.25, 0.3) is 23.1 Å². The summed E-state index contributed by atoms with van der Waals surface area (Å²) in [5.41, 5.74) is 4.26. The van der Waals surface area contributed by atoms with E-state index in [-0.39, 0.29) is 0 Å². The minimum Gasteiger partial charge on any atom is -0.479 e. The van der Waals surface area contributed by atoms with Gasteiger partial charge in [-0.3, -0.25) is 0 Å². The number of ether oxygens (including phenoxy) is 1. The van der Waals surface area contributed by atoms with Crippen LogP contribution in [-0.2, 0) is 4.79 Å². The van der Waals surface area contributed by atoms with E-state index < -0.39 is 12.1 Å². The molecule has 6 heteroatoms. The predicted molar refractivity (Wildman–Crippen MR) is 143 cm³/mol. The van der Waals surface area contributed by atoms with Gasteiger partial charge in [0.25, 0.3) is 0 Å². The summed E-state index contributed by atoms with van der Waals surface area (Å²) in [7, 11) is 0. The first-order valence-corrected chi connectivity index (χ1v) is 12.0. The smallest absolute Gasteiger partial charge is 0.344 e. The van der Waals surface area contributed by atoms with Crippen LogP contribution in [0.5, 0.6) is 5.75 Å². The molecule has 1 unspecified atom stereocenters. The molecular formula is C29H27ClN2O3.